The Morgan fingerprint density at radius 1 is 1.15 bits per heavy atom. The number of rotatable bonds is 7. The van der Waals surface area contributed by atoms with Crippen LogP contribution >= 0.6 is 0 Å². The molecule has 1 N–H and O–H groups in total. The average Bonchev–Trinajstić information content (AvgIpc) is 3.16. The van der Waals surface area contributed by atoms with Gasteiger partial charge < -0.3 is 14.6 Å². The summed E-state index contributed by atoms with van der Waals surface area (Å²) in [4.78, 5) is 20.5. The predicted octanol–water partition coefficient (Wildman–Crippen LogP) is 4.50. The van der Waals surface area contributed by atoms with Gasteiger partial charge in [-0.3, -0.25) is 4.79 Å². The molecule has 26 heavy (non-hydrogen) atoms. The Morgan fingerprint density at radius 3 is 2.58 bits per heavy atom. The van der Waals surface area contributed by atoms with E-state index in [0.29, 0.717) is 23.9 Å². The Hall–Kier alpha value is -3.15. The van der Waals surface area contributed by atoms with Gasteiger partial charge in [-0.25, -0.2) is 4.98 Å². The molecule has 134 valence electrons. The van der Waals surface area contributed by atoms with Gasteiger partial charge >= 0.3 is 0 Å². The van der Waals surface area contributed by atoms with Crippen molar-refractivity contribution in [3.63, 3.8) is 0 Å². The van der Waals surface area contributed by atoms with Crippen LogP contribution in [-0.2, 0) is 4.79 Å². The number of amides is 1. The fourth-order valence-electron chi connectivity index (χ4n) is 2.48. The SMILES string of the molecule is CCCCC(=O)Nc1ccc(Oc2cc(-n3cccc3)nc(C)n2)cc1. The lowest BCUT2D eigenvalue weighted by Crippen LogP contribution is -2.10. The topological polar surface area (TPSA) is 69.0 Å². The summed E-state index contributed by atoms with van der Waals surface area (Å²) in [6.45, 7) is 3.89. The molecule has 0 saturated carbocycles. The maximum absolute atomic E-state index is 11.8. The zero-order valence-electron chi connectivity index (χ0n) is 15.0. The van der Waals surface area contributed by atoms with Crippen molar-refractivity contribution >= 4 is 11.6 Å². The van der Waals surface area contributed by atoms with E-state index in [2.05, 4.69) is 22.2 Å². The fourth-order valence-corrected chi connectivity index (χ4v) is 2.48. The Balaban J connectivity index is 1.68. The highest BCUT2D eigenvalue weighted by molar-refractivity contribution is 5.90. The highest BCUT2D eigenvalue weighted by Gasteiger charge is 2.07. The number of anilines is 1. The van der Waals surface area contributed by atoms with E-state index in [9.17, 15) is 4.79 Å². The highest BCUT2D eigenvalue weighted by Crippen LogP contribution is 2.23. The van der Waals surface area contributed by atoms with Crippen LogP contribution in [0.1, 0.15) is 32.0 Å². The second kappa shape index (κ2) is 8.29. The van der Waals surface area contributed by atoms with Crippen molar-refractivity contribution in [2.45, 2.75) is 33.1 Å². The summed E-state index contributed by atoms with van der Waals surface area (Å²) in [6, 6.07) is 12.9. The highest BCUT2D eigenvalue weighted by atomic mass is 16.5. The first-order valence-corrected chi connectivity index (χ1v) is 8.71. The van der Waals surface area contributed by atoms with Crippen molar-refractivity contribution in [3.8, 4) is 17.4 Å². The molecule has 1 amide bonds. The van der Waals surface area contributed by atoms with Gasteiger partial charge in [0.25, 0.3) is 0 Å². The molecule has 1 aromatic carbocycles. The van der Waals surface area contributed by atoms with Gasteiger partial charge in [-0.05, 0) is 49.7 Å². The number of benzene rings is 1. The molecule has 2 aromatic heterocycles. The van der Waals surface area contributed by atoms with Gasteiger partial charge in [-0.1, -0.05) is 13.3 Å². The summed E-state index contributed by atoms with van der Waals surface area (Å²) in [7, 11) is 0. The summed E-state index contributed by atoms with van der Waals surface area (Å²) in [5.41, 5.74) is 0.755. The summed E-state index contributed by atoms with van der Waals surface area (Å²) in [5, 5.41) is 2.88. The molecule has 0 fully saturated rings. The Kier molecular flexibility index (Phi) is 5.63. The van der Waals surface area contributed by atoms with E-state index in [1.165, 1.54) is 0 Å². The van der Waals surface area contributed by atoms with Crippen LogP contribution in [0.4, 0.5) is 5.69 Å². The van der Waals surface area contributed by atoms with Crippen molar-refractivity contribution in [2.24, 2.45) is 0 Å². The van der Waals surface area contributed by atoms with Crippen LogP contribution in [0.25, 0.3) is 5.82 Å². The number of nitrogens with one attached hydrogen (secondary N) is 1. The van der Waals surface area contributed by atoms with Crippen molar-refractivity contribution < 1.29 is 9.53 Å². The average molecular weight is 350 g/mol. The van der Waals surface area contributed by atoms with E-state index in [-0.39, 0.29) is 5.91 Å². The molecule has 6 nitrogen and oxygen atoms in total. The molecule has 0 saturated heterocycles. The molecule has 0 bridgehead atoms. The summed E-state index contributed by atoms with van der Waals surface area (Å²) in [6.07, 6.45) is 6.27. The number of carbonyl (C=O) groups is 1. The standard InChI is InChI=1S/C20H22N4O2/c1-3-4-7-19(25)23-16-8-10-17(11-9-16)26-20-14-18(21-15(2)22-20)24-12-5-6-13-24/h5-6,8-14H,3-4,7H2,1-2H3,(H,23,25). The maximum Gasteiger partial charge on any atom is 0.224 e. The second-order valence-corrected chi connectivity index (χ2v) is 5.98. The van der Waals surface area contributed by atoms with Crippen LogP contribution in [-0.4, -0.2) is 20.4 Å². The number of ether oxygens (including phenoxy) is 1. The minimum absolute atomic E-state index is 0.0308. The van der Waals surface area contributed by atoms with E-state index >= 15 is 0 Å². The minimum Gasteiger partial charge on any atom is -0.439 e. The molecule has 0 atom stereocenters. The van der Waals surface area contributed by atoms with Crippen molar-refractivity contribution in [2.75, 3.05) is 5.32 Å². The molecule has 6 heteroatoms. The first kappa shape index (κ1) is 17.7. The molecular weight excluding hydrogens is 328 g/mol. The largest absolute Gasteiger partial charge is 0.439 e. The Bertz CT molecular complexity index is 858. The lowest BCUT2D eigenvalue weighted by molar-refractivity contribution is -0.116. The zero-order chi connectivity index (χ0) is 18.4. The number of unbranched alkanes of at least 4 members (excludes halogenated alkanes) is 1. The number of nitrogens with zero attached hydrogens (tertiary/aromatic N) is 3. The quantitative estimate of drug-likeness (QED) is 0.681. The number of carbonyl (C=O) groups excluding carboxylic acids is 1. The van der Waals surface area contributed by atoms with Crippen LogP contribution < -0.4 is 10.1 Å². The van der Waals surface area contributed by atoms with Crippen LogP contribution in [0.3, 0.4) is 0 Å². The normalized spacial score (nSPS) is 10.5. The molecule has 0 spiro atoms. The van der Waals surface area contributed by atoms with E-state index in [4.69, 9.17) is 4.74 Å². The minimum atomic E-state index is 0.0308. The van der Waals surface area contributed by atoms with E-state index in [0.717, 1.165) is 24.3 Å². The van der Waals surface area contributed by atoms with Gasteiger partial charge in [0.1, 0.15) is 17.4 Å². The lowest BCUT2D eigenvalue weighted by atomic mass is 10.2. The van der Waals surface area contributed by atoms with Gasteiger partial charge in [0.2, 0.25) is 11.8 Å². The molecular formula is C20H22N4O2. The first-order chi connectivity index (χ1) is 12.6. The third-order valence-electron chi connectivity index (χ3n) is 3.79. The van der Waals surface area contributed by atoms with Crippen LogP contribution in [0.5, 0.6) is 11.6 Å². The third-order valence-corrected chi connectivity index (χ3v) is 3.79. The lowest BCUT2D eigenvalue weighted by Gasteiger charge is -2.09. The summed E-state index contributed by atoms with van der Waals surface area (Å²) < 4.78 is 7.74. The van der Waals surface area contributed by atoms with Crippen LogP contribution in [0.15, 0.2) is 54.9 Å². The Labute approximate surface area is 152 Å². The van der Waals surface area contributed by atoms with Gasteiger partial charge in [0.05, 0.1) is 0 Å². The van der Waals surface area contributed by atoms with Gasteiger partial charge in [0, 0.05) is 30.6 Å². The molecule has 0 radical (unpaired) electrons. The molecule has 0 unspecified atom stereocenters. The summed E-state index contributed by atoms with van der Waals surface area (Å²) >= 11 is 0. The van der Waals surface area contributed by atoms with E-state index in [1.54, 1.807) is 6.07 Å². The summed E-state index contributed by atoms with van der Waals surface area (Å²) in [5.74, 6) is 2.53. The predicted molar refractivity (Wildman–Crippen MR) is 101 cm³/mol. The van der Waals surface area contributed by atoms with Gasteiger partial charge in [0.15, 0.2) is 0 Å². The number of aromatic nitrogens is 3. The smallest absolute Gasteiger partial charge is 0.224 e. The van der Waals surface area contributed by atoms with Gasteiger partial charge in [-0.15, -0.1) is 0 Å². The van der Waals surface area contributed by atoms with Gasteiger partial charge in [-0.2, -0.15) is 4.98 Å². The fraction of sp³-hybridized carbons (Fsp3) is 0.250. The number of hydrogen-bond donors (Lipinski definition) is 1. The van der Waals surface area contributed by atoms with E-state index < -0.39 is 0 Å². The number of hydrogen-bond acceptors (Lipinski definition) is 4. The zero-order valence-corrected chi connectivity index (χ0v) is 15.0. The monoisotopic (exact) mass is 350 g/mol. The molecule has 3 aromatic rings. The molecule has 3 rings (SSSR count). The number of aryl methyl sites for hydroxylation is 1. The van der Waals surface area contributed by atoms with E-state index in [1.807, 2.05) is 60.3 Å². The van der Waals surface area contributed by atoms with Crippen molar-refractivity contribution in [1.29, 1.82) is 0 Å². The molecule has 0 aliphatic carbocycles. The van der Waals surface area contributed by atoms with Crippen molar-refractivity contribution in [1.82, 2.24) is 14.5 Å². The maximum atomic E-state index is 11.8. The Morgan fingerprint density at radius 2 is 1.88 bits per heavy atom. The molecule has 0 aliphatic heterocycles. The molecule has 0 aliphatic rings. The first-order valence-electron chi connectivity index (χ1n) is 8.71. The third kappa shape index (κ3) is 4.69. The van der Waals surface area contributed by atoms with Crippen LogP contribution in [0.2, 0.25) is 0 Å². The second-order valence-electron chi connectivity index (χ2n) is 5.98. The molecule has 2 heterocycles. The van der Waals surface area contributed by atoms with Crippen molar-refractivity contribution in [3.05, 3.63) is 60.7 Å². The van der Waals surface area contributed by atoms with Crippen LogP contribution in [0, 0.1) is 6.92 Å².